The molecule has 2 heterocycles. The van der Waals surface area contributed by atoms with E-state index in [1.54, 1.807) is 11.8 Å². The molecule has 0 aromatic heterocycles. The highest BCUT2D eigenvalue weighted by atomic mass is 32.2. The zero-order valence-corrected chi connectivity index (χ0v) is 10.8. The normalized spacial score (nSPS) is 19.5. The van der Waals surface area contributed by atoms with Crippen molar-refractivity contribution in [1.29, 1.82) is 0 Å². The molecule has 17 heavy (non-hydrogen) atoms. The SMILES string of the molecule is Cc1ccc(C2=CSC3=NCCCCN23)cc1. The van der Waals surface area contributed by atoms with E-state index in [-0.39, 0.29) is 0 Å². The zero-order valence-electron chi connectivity index (χ0n) is 10.0. The molecule has 0 unspecified atom stereocenters. The largest absolute Gasteiger partial charge is 0.320 e. The number of fused-ring (bicyclic) bond motifs is 1. The van der Waals surface area contributed by atoms with Gasteiger partial charge in [-0.05, 0) is 25.3 Å². The van der Waals surface area contributed by atoms with Crippen molar-refractivity contribution >= 4 is 22.6 Å². The maximum absolute atomic E-state index is 4.63. The molecule has 0 spiro atoms. The highest BCUT2D eigenvalue weighted by Crippen LogP contribution is 2.34. The van der Waals surface area contributed by atoms with Crippen LogP contribution in [0.5, 0.6) is 0 Å². The number of rotatable bonds is 1. The smallest absolute Gasteiger partial charge is 0.168 e. The molecule has 0 radical (unpaired) electrons. The molecule has 2 aliphatic heterocycles. The number of aliphatic imine (C=N–C) groups is 1. The second kappa shape index (κ2) is 4.57. The summed E-state index contributed by atoms with van der Waals surface area (Å²) in [6, 6.07) is 8.76. The van der Waals surface area contributed by atoms with Crippen LogP contribution in [0.2, 0.25) is 0 Å². The van der Waals surface area contributed by atoms with E-state index in [9.17, 15) is 0 Å². The molecule has 3 rings (SSSR count). The molecule has 0 atom stereocenters. The molecule has 0 aliphatic carbocycles. The predicted molar refractivity (Wildman–Crippen MR) is 75.0 cm³/mol. The van der Waals surface area contributed by atoms with Crippen molar-refractivity contribution < 1.29 is 0 Å². The Bertz CT molecular complexity index is 474. The molecule has 0 saturated heterocycles. The number of aryl methyl sites for hydroxylation is 1. The van der Waals surface area contributed by atoms with Crippen molar-refractivity contribution in [2.24, 2.45) is 4.99 Å². The zero-order chi connectivity index (χ0) is 11.7. The quantitative estimate of drug-likeness (QED) is 0.751. The molecule has 0 saturated carbocycles. The van der Waals surface area contributed by atoms with Gasteiger partial charge in [0.1, 0.15) is 0 Å². The van der Waals surface area contributed by atoms with E-state index in [2.05, 4.69) is 46.5 Å². The molecule has 3 heteroatoms. The lowest BCUT2D eigenvalue weighted by atomic mass is 10.1. The summed E-state index contributed by atoms with van der Waals surface area (Å²) in [7, 11) is 0. The number of thioether (sulfide) groups is 1. The fourth-order valence-electron chi connectivity index (χ4n) is 2.18. The maximum Gasteiger partial charge on any atom is 0.168 e. The van der Waals surface area contributed by atoms with Crippen LogP contribution in [0, 0.1) is 6.92 Å². The van der Waals surface area contributed by atoms with Crippen LogP contribution in [0.1, 0.15) is 24.0 Å². The summed E-state index contributed by atoms with van der Waals surface area (Å²) in [5.41, 5.74) is 3.93. The van der Waals surface area contributed by atoms with Crippen molar-refractivity contribution in [3.05, 3.63) is 40.8 Å². The predicted octanol–water partition coefficient (Wildman–Crippen LogP) is 3.49. The third kappa shape index (κ3) is 2.12. The monoisotopic (exact) mass is 244 g/mol. The van der Waals surface area contributed by atoms with Crippen molar-refractivity contribution in [1.82, 2.24) is 4.90 Å². The van der Waals surface area contributed by atoms with Crippen molar-refractivity contribution in [3.8, 4) is 0 Å². The van der Waals surface area contributed by atoms with Crippen LogP contribution in [0.3, 0.4) is 0 Å². The van der Waals surface area contributed by atoms with E-state index in [0.29, 0.717) is 0 Å². The first kappa shape index (κ1) is 10.9. The maximum atomic E-state index is 4.63. The number of hydrogen-bond acceptors (Lipinski definition) is 3. The first-order chi connectivity index (χ1) is 8.34. The molecule has 1 aromatic rings. The molecule has 0 N–H and O–H groups in total. The molecule has 2 aliphatic rings. The second-order valence-electron chi connectivity index (χ2n) is 4.51. The number of nitrogens with zero attached hydrogens (tertiary/aromatic N) is 2. The Kier molecular flexibility index (Phi) is 2.93. The number of benzene rings is 1. The molecule has 0 amide bonds. The van der Waals surface area contributed by atoms with Gasteiger partial charge in [0.25, 0.3) is 0 Å². The van der Waals surface area contributed by atoms with Gasteiger partial charge in [0.15, 0.2) is 5.17 Å². The first-order valence-electron chi connectivity index (χ1n) is 6.10. The Morgan fingerprint density at radius 2 is 2.00 bits per heavy atom. The fourth-order valence-corrected chi connectivity index (χ4v) is 3.15. The number of amidine groups is 1. The molecular formula is C14H16N2S. The Balaban J connectivity index is 1.91. The Morgan fingerprint density at radius 3 is 2.82 bits per heavy atom. The van der Waals surface area contributed by atoms with Crippen LogP contribution in [0.25, 0.3) is 5.70 Å². The van der Waals surface area contributed by atoms with Gasteiger partial charge in [0.05, 0.1) is 5.70 Å². The van der Waals surface area contributed by atoms with Crippen LogP contribution in [-0.4, -0.2) is 23.2 Å². The Labute approximate surface area is 106 Å². The van der Waals surface area contributed by atoms with E-state index >= 15 is 0 Å². The summed E-state index contributed by atoms with van der Waals surface area (Å²) in [4.78, 5) is 7.00. The summed E-state index contributed by atoms with van der Waals surface area (Å²) >= 11 is 1.76. The summed E-state index contributed by atoms with van der Waals surface area (Å²) < 4.78 is 0. The van der Waals surface area contributed by atoms with Gasteiger partial charge >= 0.3 is 0 Å². The van der Waals surface area contributed by atoms with Gasteiger partial charge in [0.2, 0.25) is 0 Å². The molecule has 1 aromatic carbocycles. The van der Waals surface area contributed by atoms with E-state index in [1.807, 2.05) is 0 Å². The third-order valence-electron chi connectivity index (χ3n) is 3.18. The van der Waals surface area contributed by atoms with Gasteiger partial charge in [-0.25, -0.2) is 0 Å². The van der Waals surface area contributed by atoms with Crippen LogP contribution in [0.4, 0.5) is 0 Å². The summed E-state index contributed by atoms with van der Waals surface area (Å²) in [5.74, 6) is 0. The Hall–Kier alpha value is -1.22. The van der Waals surface area contributed by atoms with E-state index < -0.39 is 0 Å². The first-order valence-corrected chi connectivity index (χ1v) is 6.98. The minimum atomic E-state index is 0.980. The number of hydrogen-bond donors (Lipinski definition) is 0. The van der Waals surface area contributed by atoms with Gasteiger partial charge < -0.3 is 4.90 Å². The van der Waals surface area contributed by atoms with Gasteiger partial charge in [-0.15, -0.1) is 0 Å². The highest BCUT2D eigenvalue weighted by molar-refractivity contribution is 8.16. The Morgan fingerprint density at radius 1 is 1.18 bits per heavy atom. The topological polar surface area (TPSA) is 15.6 Å². The summed E-state index contributed by atoms with van der Waals surface area (Å²) in [6.45, 7) is 4.21. The molecule has 88 valence electrons. The average molecular weight is 244 g/mol. The average Bonchev–Trinajstić information content (AvgIpc) is 2.60. The van der Waals surface area contributed by atoms with Gasteiger partial charge in [-0.2, -0.15) is 0 Å². The summed E-state index contributed by atoms with van der Waals surface area (Å²) in [5, 5.41) is 3.41. The lowest BCUT2D eigenvalue weighted by Crippen LogP contribution is -2.23. The molecule has 0 bridgehead atoms. The summed E-state index contributed by atoms with van der Waals surface area (Å²) in [6.07, 6.45) is 2.44. The van der Waals surface area contributed by atoms with Crippen molar-refractivity contribution in [3.63, 3.8) is 0 Å². The second-order valence-corrected chi connectivity index (χ2v) is 5.35. The van der Waals surface area contributed by atoms with Gasteiger partial charge in [0, 0.05) is 18.5 Å². The van der Waals surface area contributed by atoms with E-state index in [4.69, 9.17) is 0 Å². The molecule has 0 fully saturated rings. The van der Waals surface area contributed by atoms with E-state index in [1.165, 1.54) is 34.8 Å². The standard InChI is InChI=1S/C14H16N2S/c1-11-4-6-12(7-5-11)13-10-17-14-15-8-2-3-9-16(13)14/h4-7,10H,2-3,8-9H2,1H3. The van der Waals surface area contributed by atoms with Crippen LogP contribution >= 0.6 is 11.8 Å². The van der Waals surface area contributed by atoms with Crippen LogP contribution in [0.15, 0.2) is 34.7 Å². The molecule has 2 nitrogen and oxygen atoms in total. The van der Waals surface area contributed by atoms with Crippen LogP contribution in [-0.2, 0) is 0 Å². The van der Waals surface area contributed by atoms with Crippen molar-refractivity contribution in [2.75, 3.05) is 13.1 Å². The molecular weight excluding hydrogens is 228 g/mol. The fraction of sp³-hybridized carbons (Fsp3) is 0.357. The minimum Gasteiger partial charge on any atom is -0.320 e. The van der Waals surface area contributed by atoms with E-state index in [0.717, 1.165) is 13.1 Å². The van der Waals surface area contributed by atoms with Gasteiger partial charge in [-0.1, -0.05) is 41.6 Å². The van der Waals surface area contributed by atoms with Crippen LogP contribution < -0.4 is 0 Å². The third-order valence-corrected chi connectivity index (χ3v) is 4.08. The lowest BCUT2D eigenvalue weighted by molar-refractivity contribution is 0.571. The lowest BCUT2D eigenvalue weighted by Gasteiger charge is -2.20. The van der Waals surface area contributed by atoms with Crippen molar-refractivity contribution in [2.45, 2.75) is 19.8 Å². The van der Waals surface area contributed by atoms with Gasteiger partial charge in [-0.3, -0.25) is 4.99 Å². The minimum absolute atomic E-state index is 0.980. The highest BCUT2D eigenvalue weighted by Gasteiger charge is 2.24.